The first-order valence-electron chi connectivity index (χ1n) is 8.14. The molecule has 1 atom stereocenters. The summed E-state index contributed by atoms with van der Waals surface area (Å²) in [5.74, 6) is 2.41. The second-order valence-electron chi connectivity index (χ2n) is 6.10. The van der Waals surface area contributed by atoms with E-state index in [1.807, 2.05) is 11.8 Å². The maximum atomic E-state index is 6.20. The average molecular weight is 357 g/mol. The predicted octanol–water partition coefficient (Wildman–Crippen LogP) is 2.78. The number of nitrogen functional groups attached to an aromatic ring is 1. The third kappa shape index (κ3) is 4.99. The summed E-state index contributed by atoms with van der Waals surface area (Å²) in [6.45, 7) is 3.25. The molecule has 1 aliphatic rings. The molecule has 0 aliphatic carbocycles. The number of anilines is 2. The lowest BCUT2D eigenvalue weighted by molar-refractivity contribution is 0.384. The molecule has 1 unspecified atom stereocenters. The molecule has 0 radical (unpaired) electrons. The average Bonchev–Trinajstić information content (AvgIpc) is 2.84. The Bertz CT molecular complexity index is 542. The number of rotatable bonds is 9. The minimum absolute atomic E-state index is 0.415. The summed E-state index contributed by atoms with van der Waals surface area (Å²) in [6.07, 6.45) is 5.63. The summed E-state index contributed by atoms with van der Waals surface area (Å²) < 4.78 is 0. The van der Waals surface area contributed by atoms with Crippen LogP contribution in [0, 0.1) is 0 Å². The molecule has 2 heterocycles. The van der Waals surface area contributed by atoms with Crippen LogP contribution in [0.15, 0.2) is 4.99 Å². The fourth-order valence-corrected chi connectivity index (χ4v) is 4.54. The summed E-state index contributed by atoms with van der Waals surface area (Å²) in [4.78, 5) is 11.8. The molecule has 0 amide bonds. The predicted molar refractivity (Wildman–Crippen MR) is 103 cm³/mol. The number of nitrogens with zero attached hydrogens (tertiary/aromatic N) is 3. The summed E-state index contributed by atoms with van der Waals surface area (Å²) in [7, 11) is 4.18. The molecule has 0 bridgehead atoms. The maximum Gasteiger partial charge on any atom is 0.182 e. The highest BCUT2D eigenvalue weighted by molar-refractivity contribution is 8.00. The zero-order chi connectivity index (χ0) is 16.9. The standard InChI is InChI=1S/C15H28N6S2/c1-4-5-6-10-22-15(8-7-9-21(2)3)19-12(16)11-13(20-15)18-14(17)23-11/h20H,4-10H2,1-3H3,(H2,16,19)(H2,17,18). The van der Waals surface area contributed by atoms with Gasteiger partial charge in [0.15, 0.2) is 15.9 Å². The molecule has 0 spiro atoms. The van der Waals surface area contributed by atoms with Gasteiger partial charge in [0.2, 0.25) is 0 Å². The lowest BCUT2D eigenvalue weighted by atomic mass is 10.2. The molecule has 0 fully saturated rings. The number of thioether (sulfide) groups is 1. The first-order valence-corrected chi connectivity index (χ1v) is 9.95. The molecule has 2 rings (SSSR count). The molecule has 1 aromatic rings. The number of fused-ring (bicyclic) bond motifs is 1. The highest BCUT2D eigenvalue weighted by atomic mass is 32.2. The normalized spacial score (nSPS) is 20.3. The topological polar surface area (TPSA) is 92.6 Å². The van der Waals surface area contributed by atoms with Crippen molar-refractivity contribution in [1.82, 2.24) is 9.88 Å². The number of hydrogen-bond donors (Lipinski definition) is 3. The highest BCUT2D eigenvalue weighted by Gasteiger charge is 2.36. The molecular formula is C15H28N6S2. The molecule has 0 saturated heterocycles. The minimum atomic E-state index is -0.415. The van der Waals surface area contributed by atoms with E-state index in [-0.39, 0.29) is 0 Å². The van der Waals surface area contributed by atoms with E-state index < -0.39 is 4.99 Å². The van der Waals surface area contributed by atoms with Crippen molar-refractivity contribution in [2.75, 3.05) is 37.4 Å². The van der Waals surface area contributed by atoms with Gasteiger partial charge in [0.25, 0.3) is 0 Å². The first kappa shape index (κ1) is 18.4. The van der Waals surface area contributed by atoms with Crippen LogP contribution < -0.4 is 16.8 Å². The Morgan fingerprint density at radius 1 is 1.26 bits per heavy atom. The number of hydrogen-bond acceptors (Lipinski definition) is 8. The number of aromatic nitrogens is 1. The van der Waals surface area contributed by atoms with E-state index >= 15 is 0 Å². The van der Waals surface area contributed by atoms with Gasteiger partial charge in [-0.1, -0.05) is 31.1 Å². The van der Waals surface area contributed by atoms with Gasteiger partial charge in [0, 0.05) is 6.42 Å². The fraction of sp³-hybridized carbons (Fsp3) is 0.733. The van der Waals surface area contributed by atoms with Crippen molar-refractivity contribution in [3.8, 4) is 0 Å². The quantitative estimate of drug-likeness (QED) is 0.589. The Morgan fingerprint density at radius 2 is 2.04 bits per heavy atom. The summed E-state index contributed by atoms with van der Waals surface area (Å²) in [5, 5.41) is 4.04. The third-order valence-electron chi connectivity index (χ3n) is 3.70. The van der Waals surface area contributed by atoms with Gasteiger partial charge in [-0.25, -0.2) is 9.98 Å². The van der Waals surface area contributed by atoms with Crippen LogP contribution in [-0.4, -0.2) is 47.1 Å². The van der Waals surface area contributed by atoms with Crippen LogP contribution in [-0.2, 0) is 0 Å². The third-order valence-corrected chi connectivity index (χ3v) is 5.98. The lowest BCUT2D eigenvalue weighted by Crippen LogP contribution is -2.40. The van der Waals surface area contributed by atoms with Crippen molar-refractivity contribution in [2.24, 2.45) is 10.7 Å². The number of unbranched alkanes of at least 4 members (excludes halogenated alkanes) is 2. The zero-order valence-corrected chi connectivity index (χ0v) is 15.9. The zero-order valence-electron chi connectivity index (χ0n) is 14.3. The molecule has 0 aromatic carbocycles. The Kier molecular flexibility index (Phi) is 6.55. The van der Waals surface area contributed by atoms with E-state index in [0.29, 0.717) is 11.0 Å². The number of aliphatic imine (C=N–C) groups is 1. The van der Waals surface area contributed by atoms with Crippen LogP contribution in [0.1, 0.15) is 43.9 Å². The number of nitrogens with two attached hydrogens (primary N) is 2. The van der Waals surface area contributed by atoms with Crippen molar-refractivity contribution >= 4 is 39.9 Å². The lowest BCUT2D eigenvalue weighted by Gasteiger charge is -2.34. The molecule has 130 valence electrons. The molecule has 6 nitrogen and oxygen atoms in total. The van der Waals surface area contributed by atoms with E-state index in [9.17, 15) is 0 Å². The second-order valence-corrected chi connectivity index (χ2v) is 8.50. The van der Waals surface area contributed by atoms with Crippen LogP contribution in [0.25, 0.3) is 0 Å². The van der Waals surface area contributed by atoms with Crippen LogP contribution in [0.4, 0.5) is 10.9 Å². The first-order chi connectivity index (χ1) is 11.0. The van der Waals surface area contributed by atoms with Crippen molar-refractivity contribution in [3.05, 3.63) is 4.88 Å². The maximum absolute atomic E-state index is 6.20. The molecule has 8 heteroatoms. The smallest absolute Gasteiger partial charge is 0.182 e. The van der Waals surface area contributed by atoms with Crippen LogP contribution in [0.5, 0.6) is 0 Å². The van der Waals surface area contributed by atoms with Gasteiger partial charge in [0.05, 0.1) is 0 Å². The Balaban J connectivity index is 2.11. The van der Waals surface area contributed by atoms with Gasteiger partial charge in [-0.05, 0) is 39.2 Å². The molecule has 1 aromatic heterocycles. The minimum Gasteiger partial charge on any atom is -0.383 e. The second kappa shape index (κ2) is 8.21. The molecule has 0 saturated carbocycles. The van der Waals surface area contributed by atoms with Gasteiger partial charge in [-0.3, -0.25) is 0 Å². The monoisotopic (exact) mass is 356 g/mol. The van der Waals surface area contributed by atoms with Gasteiger partial charge in [-0.2, -0.15) is 0 Å². The van der Waals surface area contributed by atoms with Crippen molar-refractivity contribution in [1.29, 1.82) is 0 Å². The Labute approximate surface area is 147 Å². The molecular weight excluding hydrogens is 328 g/mol. The summed E-state index contributed by atoms with van der Waals surface area (Å²) in [6, 6.07) is 0. The number of thiazole rings is 1. The molecule has 23 heavy (non-hydrogen) atoms. The SMILES string of the molecule is CCCCCSC1(CCCN(C)C)N=C(N)c2sc(N)nc2N1. The van der Waals surface area contributed by atoms with Gasteiger partial charge in [0.1, 0.15) is 10.7 Å². The van der Waals surface area contributed by atoms with E-state index in [1.165, 1.54) is 30.6 Å². The van der Waals surface area contributed by atoms with Gasteiger partial charge in [-0.15, -0.1) is 11.8 Å². The Morgan fingerprint density at radius 3 is 2.74 bits per heavy atom. The van der Waals surface area contributed by atoms with E-state index in [1.54, 1.807) is 0 Å². The largest absolute Gasteiger partial charge is 0.383 e. The summed E-state index contributed by atoms with van der Waals surface area (Å²) >= 11 is 3.23. The fourth-order valence-electron chi connectivity index (χ4n) is 2.54. The van der Waals surface area contributed by atoms with Crippen LogP contribution >= 0.6 is 23.1 Å². The van der Waals surface area contributed by atoms with Crippen molar-refractivity contribution in [3.63, 3.8) is 0 Å². The van der Waals surface area contributed by atoms with E-state index in [0.717, 1.165) is 35.8 Å². The van der Waals surface area contributed by atoms with Crippen LogP contribution in [0.2, 0.25) is 0 Å². The van der Waals surface area contributed by atoms with Gasteiger partial charge < -0.3 is 21.7 Å². The Hall–Kier alpha value is -0.990. The van der Waals surface area contributed by atoms with E-state index in [2.05, 4.69) is 36.2 Å². The summed E-state index contributed by atoms with van der Waals surface area (Å²) in [5.41, 5.74) is 12.0. The number of amidine groups is 1. The van der Waals surface area contributed by atoms with Crippen molar-refractivity contribution < 1.29 is 0 Å². The highest BCUT2D eigenvalue weighted by Crippen LogP contribution is 2.40. The van der Waals surface area contributed by atoms with Crippen LogP contribution in [0.3, 0.4) is 0 Å². The molecule has 1 aliphatic heterocycles. The van der Waals surface area contributed by atoms with E-state index in [4.69, 9.17) is 16.5 Å². The van der Waals surface area contributed by atoms with Gasteiger partial charge >= 0.3 is 0 Å². The molecule has 5 N–H and O–H groups in total. The number of nitrogens with one attached hydrogen (secondary N) is 1. The van der Waals surface area contributed by atoms with Crippen molar-refractivity contribution in [2.45, 2.75) is 44.0 Å².